The van der Waals surface area contributed by atoms with Gasteiger partial charge in [0.05, 0.1) is 6.04 Å². The number of carbonyl (C=O) groups excluding carboxylic acids is 2. The van der Waals surface area contributed by atoms with Gasteiger partial charge in [-0.05, 0) is 54.2 Å². The fourth-order valence-corrected chi connectivity index (χ4v) is 6.70. The molecular formula is C28H26FN3O5S. The second kappa shape index (κ2) is 9.83. The SMILES string of the molecule is CC(=O)OCOc1c2n(ccc1=O)N([C@H]1c3ccc(F)cc3CSc3ccccc31)[C@@H]1CCCCN1C2=O. The van der Waals surface area contributed by atoms with Gasteiger partial charge in [0.15, 0.2) is 5.69 Å². The van der Waals surface area contributed by atoms with Crippen LogP contribution in [0.5, 0.6) is 5.75 Å². The molecule has 3 aromatic rings. The third-order valence-corrected chi connectivity index (χ3v) is 8.39. The third kappa shape index (κ3) is 4.13. The number of esters is 1. The maximum absolute atomic E-state index is 14.4. The van der Waals surface area contributed by atoms with Crippen molar-refractivity contribution in [2.24, 2.45) is 0 Å². The zero-order valence-electron chi connectivity index (χ0n) is 20.8. The van der Waals surface area contributed by atoms with E-state index in [0.29, 0.717) is 12.3 Å². The van der Waals surface area contributed by atoms with Crippen molar-refractivity contribution >= 4 is 23.6 Å². The van der Waals surface area contributed by atoms with Crippen molar-refractivity contribution in [1.29, 1.82) is 0 Å². The number of aromatic nitrogens is 1. The number of carbonyl (C=O) groups is 2. The van der Waals surface area contributed by atoms with Crippen LogP contribution in [0.25, 0.3) is 0 Å². The van der Waals surface area contributed by atoms with Crippen LogP contribution < -0.4 is 15.2 Å². The summed E-state index contributed by atoms with van der Waals surface area (Å²) in [5.41, 5.74) is 2.46. The summed E-state index contributed by atoms with van der Waals surface area (Å²) in [5, 5.41) is 2.12. The van der Waals surface area contributed by atoms with Crippen molar-refractivity contribution in [3.63, 3.8) is 0 Å². The molecule has 1 saturated heterocycles. The highest BCUT2D eigenvalue weighted by molar-refractivity contribution is 7.98. The molecule has 196 valence electrons. The van der Waals surface area contributed by atoms with Crippen LogP contribution in [-0.4, -0.2) is 41.0 Å². The molecule has 4 heterocycles. The highest BCUT2D eigenvalue weighted by Gasteiger charge is 2.45. The Balaban J connectivity index is 1.59. The number of fused-ring (bicyclic) bond motifs is 4. The lowest BCUT2D eigenvalue weighted by molar-refractivity contribution is -0.147. The zero-order valence-corrected chi connectivity index (χ0v) is 21.6. The Morgan fingerprint density at radius 2 is 1.95 bits per heavy atom. The van der Waals surface area contributed by atoms with Crippen molar-refractivity contribution in [3.8, 4) is 5.75 Å². The predicted molar refractivity (Wildman–Crippen MR) is 139 cm³/mol. The van der Waals surface area contributed by atoms with E-state index in [0.717, 1.165) is 40.8 Å². The van der Waals surface area contributed by atoms with Gasteiger partial charge in [0.2, 0.25) is 18.0 Å². The summed E-state index contributed by atoms with van der Waals surface area (Å²) in [6.45, 7) is 1.29. The van der Waals surface area contributed by atoms with E-state index in [1.54, 1.807) is 33.6 Å². The van der Waals surface area contributed by atoms with Crippen molar-refractivity contribution in [2.75, 3.05) is 18.3 Å². The summed E-state index contributed by atoms with van der Waals surface area (Å²) in [4.78, 5) is 41.0. The number of piperidine rings is 1. The lowest BCUT2D eigenvalue weighted by Gasteiger charge is -2.52. The number of amides is 1. The topological polar surface area (TPSA) is 81.1 Å². The molecule has 0 spiro atoms. The summed E-state index contributed by atoms with van der Waals surface area (Å²) in [6, 6.07) is 14.0. The first kappa shape index (κ1) is 24.5. The van der Waals surface area contributed by atoms with Crippen LogP contribution in [0.3, 0.4) is 0 Å². The van der Waals surface area contributed by atoms with E-state index in [2.05, 4.69) is 17.1 Å². The lowest BCUT2D eigenvalue weighted by atomic mass is 9.92. The average molecular weight is 536 g/mol. The molecule has 0 radical (unpaired) electrons. The molecule has 1 amide bonds. The molecule has 1 aromatic heterocycles. The Bertz CT molecular complexity index is 1490. The quantitative estimate of drug-likeness (QED) is 0.366. The second-order valence-corrected chi connectivity index (χ2v) is 10.5. The zero-order chi connectivity index (χ0) is 26.4. The highest BCUT2D eigenvalue weighted by atomic mass is 32.2. The van der Waals surface area contributed by atoms with Crippen LogP contribution in [0, 0.1) is 5.82 Å². The van der Waals surface area contributed by atoms with E-state index in [4.69, 9.17) is 9.47 Å². The molecule has 1 fully saturated rings. The van der Waals surface area contributed by atoms with E-state index in [-0.39, 0.29) is 35.4 Å². The Hall–Kier alpha value is -3.79. The summed E-state index contributed by atoms with van der Waals surface area (Å²) in [6.07, 6.45) is 3.84. The molecule has 3 aliphatic heterocycles. The number of hydrogen-bond acceptors (Lipinski definition) is 7. The van der Waals surface area contributed by atoms with Gasteiger partial charge in [0, 0.05) is 36.4 Å². The minimum absolute atomic E-state index is 0.0841. The average Bonchev–Trinajstić information content (AvgIpc) is 3.07. The van der Waals surface area contributed by atoms with Crippen molar-refractivity contribution in [3.05, 3.63) is 93.2 Å². The Morgan fingerprint density at radius 1 is 1.11 bits per heavy atom. The van der Waals surface area contributed by atoms with Crippen LogP contribution in [-0.2, 0) is 15.3 Å². The third-order valence-electron chi connectivity index (χ3n) is 7.25. The lowest BCUT2D eigenvalue weighted by Crippen LogP contribution is -2.63. The number of thioether (sulfide) groups is 1. The fraction of sp³-hybridized carbons (Fsp3) is 0.321. The molecule has 2 aromatic carbocycles. The minimum atomic E-state index is -0.560. The molecule has 0 saturated carbocycles. The Kier molecular flexibility index (Phi) is 6.35. The van der Waals surface area contributed by atoms with Crippen LogP contribution in [0.15, 0.2) is 64.4 Å². The summed E-state index contributed by atoms with van der Waals surface area (Å²) in [7, 11) is 0. The number of halogens is 1. The van der Waals surface area contributed by atoms with Gasteiger partial charge in [-0.3, -0.25) is 24.1 Å². The van der Waals surface area contributed by atoms with E-state index < -0.39 is 18.2 Å². The molecule has 0 aliphatic carbocycles. The van der Waals surface area contributed by atoms with Crippen LogP contribution in [0.1, 0.15) is 59.4 Å². The second-order valence-electron chi connectivity index (χ2n) is 9.53. The van der Waals surface area contributed by atoms with Crippen LogP contribution >= 0.6 is 11.8 Å². The summed E-state index contributed by atoms with van der Waals surface area (Å²) in [5.74, 6) is -0.724. The van der Waals surface area contributed by atoms with E-state index >= 15 is 0 Å². The van der Waals surface area contributed by atoms with E-state index in [1.165, 1.54) is 19.1 Å². The van der Waals surface area contributed by atoms with Gasteiger partial charge in [-0.1, -0.05) is 24.3 Å². The van der Waals surface area contributed by atoms with Gasteiger partial charge in [0.25, 0.3) is 5.91 Å². The largest absolute Gasteiger partial charge is 0.451 e. The first-order chi connectivity index (χ1) is 18.4. The first-order valence-electron chi connectivity index (χ1n) is 12.6. The highest BCUT2D eigenvalue weighted by Crippen LogP contribution is 2.45. The van der Waals surface area contributed by atoms with E-state index in [9.17, 15) is 18.8 Å². The molecule has 3 aliphatic rings. The predicted octanol–water partition coefficient (Wildman–Crippen LogP) is 4.19. The fourth-order valence-electron chi connectivity index (χ4n) is 5.62. The minimum Gasteiger partial charge on any atom is -0.451 e. The number of hydrogen-bond donors (Lipinski definition) is 0. The van der Waals surface area contributed by atoms with Crippen molar-refractivity contribution in [1.82, 2.24) is 9.58 Å². The molecular weight excluding hydrogens is 509 g/mol. The molecule has 0 N–H and O–H groups in total. The molecule has 38 heavy (non-hydrogen) atoms. The smallest absolute Gasteiger partial charge is 0.305 e. The Morgan fingerprint density at radius 3 is 2.79 bits per heavy atom. The van der Waals surface area contributed by atoms with Gasteiger partial charge in [-0.25, -0.2) is 4.39 Å². The molecule has 10 heteroatoms. The van der Waals surface area contributed by atoms with Gasteiger partial charge in [0.1, 0.15) is 12.0 Å². The summed E-state index contributed by atoms with van der Waals surface area (Å²) < 4.78 is 26.6. The molecule has 0 unspecified atom stereocenters. The van der Waals surface area contributed by atoms with Gasteiger partial charge >= 0.3 is 5.97 Å². The number of pyridine rings is 1. The van der Waals surface area contributed by atoms with Gasteiger partial charge < -0.3 is 14.4 Å². The summed E-state index contributed by atoms with van der Waals surface area (Å²) >= 11 is 1.65. The van der Waals surface area contributed by atoms with Crippen LogP contribution in [0.2, 0.25) is 0 Å². The van der Waals surface area contributed by atoms with Crippen molar-refractivity contribution in [2.45, 2.75) is 49.0 Å². The first-order valence-corrected chi connectivity index (χ1v) is 13.5. The number of benzene rings is 2. The van der Waals surface area contributed by atoms with Gasteiger partial charge in [-0.2, -0.15) is 0 Å². The maximum Gasteiger partial charge on any atom is 0.305 e. The number of nitrogens with zero attached hydrogens (tertiary/aromatic N) is 3. The van der Waals surface area contributed by atoms with E-state index in [1.807, 2.05) is 18.2 Å². The molecule has 0 bridgehead atoms. The standard InChI is InChI=1S/C28H26FN3O5S/c1-17(33)36-16-37-27-22(34)11-13-31-26(27)28(35)30-12-5-4-8-24(30)32(31)25-20-10-9-19(29)14-18(20)15-38-23-7-3-2-6-21(23)25/h2-3,6-7,9-11,13-14,24-25H,4-5,8,12,15-16H2,1H3/t24-,25+/m1/s1. The van der Waals surface area contributed by atoms with Crippen molar-refractivity contribution < 1.29 is 23.5 Å². The van der Waals surface area contributed by atoms with Gasteiger partial charge in [-0.15, -0.1) is 11.8 Å². The normalized spacial score (nSPS) is 20.0. The monoisotopic (exact) mass is 535 g/mol. The molecule has 8 nitrogen and oxygen atoms in total. The Labute approximate surface area is 222 Å². The maximum atomic E-state index is 14.4. The molecule has 6 rings (SSSR count). The molecule has 2 atom stereocenters. The van der Waals surface area contributed by atoms with Crippen LogP contribution in [0.4, 0.5) is 4.39 Å². The number of rotatable bonds is 4. The number of ether oxygens (including phenoxy) is 2.